The van der Waals surface area contributed by atoms with Crippen LogP contribution < -0.4 is 9.62 Å². The number of nitrogens with one attached hydrogen (secondary N) is 1. The summed E-state index contributed by atoms with van der Waals surface area (Å²) >= 11 is 6.05. The number of anilines is 2. The number of carbonyl (C=O) groups is 1. The minimum Gasteiger partial charge on any atom is -0.360 e. The van der Waals surface area contributed by atoms with E-state index in [-0.39, 0.29) is 11.4 Å². The summed E-state index contributed by atoms with van der Waals surface area (Å²) in [5.74, 6) is -0.540. The lowest BCUT2D eigenvalue weighted by molar-refractivity contribution is 0.104. The van der Waals surface area contributed by atoms with Crippen molar-refractivity contribution in [2.45, 2.75) is 13.5 Å². The molecule has 0 fully saturated rings. The van der Waals surface area contributed by atoms with Crippen molar-refractivity contribution in [3.05, 3.63) is 106 Å². The van der Waals surface area contributed by atoms with Gasteiger partial charge in [-0.3, -0.25) is 9.10 Å². The number of hydrogen-bond donors (Lipinski definition) is 1. The second-order valence-corrected chi connectivity index (χ2v) is 9.22. The van der Waals surface area contributed by atoms with E-state index in [0.29, 0.717) is 22.0 Å². The third-order valence-electron chi connectivity index (χ3n) is 4.94. The highest BCUT2D eigenvalue weighted by molar-refractivity contribution is 7.97. The van der Waals surface area contributed by atoms with Crippen molar-refractivity contribution >= 4 is 38.8 Å². The predicted molar refractivity (Wildman–Crippen MR) is 120 cm³/mol. The molecule has 0 unspecified atom stereocenters. The monoisotopic (exact) mass is 438 g/mol. The number of benzene rings is 3. The lowest BCUT2D eigenvalue weighted by atomic mass is 10.1. The topological polar surface area (TPSA) is 66.5 Å². The van der Waals surface area contributed by atoms with Gasteiger partial charge in [-0.25, -0.2) is 8.42 Å². The summed E-state index contributed by atoms with van der Waals surface area (Å²) < 4.78 is 28.1. The lowest BCUT2D eigenvalue weighted by Gasteiger charge is -2.31. The summed E-state index contributed by atoms with van der Waals surface area (Å²) in [6.07, 6.45) is 1.25. The second-order valence-electron chi connectivity index (χ2n) is 6.96. The zero-order valence-corrected chi connectivity index (χ0v) is 17.7. The Hall–Kier alpha value is -3.09. The maximum Gasteiger partial charge on any atom is 0.270 e. The number of halogens is 1. The van der Waals surface area contributed by atoms with Crippen LogP contribution in [0.3, 0.4) is 0 Å². The van der Waals surface area contributed by atoms with Crippen molar-refractivity contribution in [2.24, 2.45) is 0 Å². The van der Waals surface area contributed by atoms with Gasteiger partial charge in [-0.15, -0.1) is 0 Å². The number of fused-ring (bicyclic) bond motifs is 1. The van der Waals surface area contributed by atoms with Gasteiger partial charge in [0.25, 0.3) is 10.0 Å². The fourth-order valence-electron chi connectivity index (χ4n) is 3.33. The number of hydrogen-bond acceptors (Lipinski definition) is 4. The summed E-state index contributed by atoms with van der Waals surface area (Å²) in [4.78, 5) is 12.8. The molecule has 30 heavy (non-hydrogen) atoms. The van der Waals surface area contributed by atoms with E-state index in [1.165, 1.54) is 10.5 Å². The molecule has 1 aliphatic rings. The molecule has 152 valence electrons. The quantitative estimate of drug-likeness (QED) is 0.573. The molecule has 0 radical (unpaired) electrons. The molecule has 1 N–H and O–H groups in total. The van der Waals surface area contributed by atoms with Crippen LogP contribution in [0, 0.1) is 6.92 Å². The number of Topliss-reactive ketones (excluding diaryl/α,β-unsaturated/α-hetero) is 1. The number of allylic oxidation sites excluding steroid dienone is 1. The number of sulfonamides is 1. The molecule has 3 aromatic rings. The molecule has 0 spiro atoms. The molecule has 4 rings (SSSR count). The maximum atomic E-state index is 13.4. The van der Waals surface area contributed by atoms with Gasteiger partial charge in [0.1, 0.15) is 0 Å². The van der Waals surface area contributed by atoms with Crippen LogP contribution in [0.5, 0.6) is 0 Å². The fraction of sp³-hybridized carbons (Fsp3) is 0.0870. The van der Waals surface area contributed by atoms with Crippen LogP contribution in [0.15, 0.2) is 83.9 Å². The summed E-state index contributed by atoms with van der Waals surface area (Å²) in [6.45, 7) is 1.99. The van der Waals surface area contributed by atoms with Gasteiger partial charge in [0.2, 0.25) is 5.78 Å². The van der Waals surface area contributed by atoms with Crippen molar-refractivity contribution in [1.82, 2.24) is 0 Å². The molecule has 0 aromatic heterocycles. The maximum absolute atomic E-state index is 13.4. The number of carbonyl (C=O) groups excluding carboxylic acids is 1. The average molecular weight is 439 g/mol. The van der Waals surface area contributed by atoms with Gasteiger partial charge in [0.05, 0.1) is 12.2 Å². The van der Waals surface area contributed by atoms with E-state index < -0.39 is 15.8 Å². The standard InChI is InChI=1S/C23H19ClN2O3S/c1-16-11-12-18(24)13-20(16)25-14-22-23(27)19-9-5-6-10-21(19)26(30(22,28)29)15-17-7-3-2-4-8-17/h2-14,25H,15H2,1H3. The van der Waals surface area contributed by atoms with Crippen LogP contribution in [-0.2, 0) is 16.6 Å². The molecule has 3 aromatic carbocycles. The summed E-state index contributed by atoms with van der Waals surface area (Å²) in [5.41, 5.74) is 3.05. The molecule has 1 aliphatic heterocycles. The van der Waals surface area contributed by atoms with Gasteiger partial charge in [-0.05, 0) is 42.3 Å². The normalized spacial score (nSPS) is 16.4. The molecule has 7 heteroatoms. The Morgan fingerprint density at radius 2 is 1.70 bits per heavy atom. The van der Waals surface area contributed by atoms with Crippen LogP contribution in [0.4, 0.5) is 11.4 Å². The Balaban J connectivity index is 1.80. The van der Waals surface area contributed by atoms with Gasteiger partial charge in [0.15, 0.2) is 4.91 Å². The van der Waals surface area contributed by atoms with Crippen LogP contribution in [0.1, 0.15) is 21.5 Å². The lowest BCUT2D eigenvalue weighted by Crippen LogP contribution is -2.39. The number of ketones is 1. The Labute approximate surface area is 180 Å². The van der Waals surface area contributed by atoms with Crippen LogP contribution in [0.2, 0.25) is 5.02 Å². The van der Waals surface area contributed by atoms with E-state index in [1.54, 1.807) is 36.4 Å². The van der Waals surface area contributed by atoms with Crippen molar-refractivity contribution in [3.63, 3.8) is 0 Å². The first kappa shape index (κ1) is 20.2. The molecule has 0 saturated carbocycles. The Kier molecular flexibility index (Phi) is 5.37. The highest BCUT2D eigenvalue weighted by Crippen LogP contribution is 2.36. The Bertz CT molecular complexity index is 1250. The smallest absolute Gasteiger partial charge is 0.270 e. The van der Waals surface area contributed by atoms with E-state index >= 15 is 0 Å². The fourth-order valence-corrected chi connectivity index (χ4v) is 5.03. The second kappa shape index (κ2) is 7.97. The van der Waals surface area contributed by atoms with E-state index in [9.17, 15) is 13.2 Å². The zero-order valence-electron chi connectivity index (χ0n) is 16.2. The Morgan fingerprint density at radius 3 is 2.47 bits per heavy atom. The summed E-state index contributed by atoms with van der Waals surface area (Å²) in [5, 5.41) is 3.46. The number of para-hydroxylation sites is 1. The molecule has 1 heterocycles. The molecule has 5 nitrogen and oxygen atoms in total. The van der Waals surface area contributed by atoms with Crippen LogP contribution >= 0.6 is 11.6 Å². The number of aryl methyl sites for hydroxylation is 1. The molecule has 0 saturated heterocycles. The van der Waals surface area contributed by atoms with Crippen LogP contribution in [-0.4, -0.2) is 14.2 Å². The summed E-state index contributed by atoms with van der Waals surface area (Å²) in [6, 6.07) is 21.3. The molecule has 0 aliphatic carbocycles. The summed E-state index contributed by atoms with van der Waals surface area (Å²) in [7, 11) is -4.07. The van der Waals surface area contributed by atoms with E-state index in [2.05, 4.69) is 5.32 Å². The van der Waals surface area contributed by atoms with Crippen molar-refractivity contribution in [3.8, 4) is 0 Å². The van der Waals surface area contributed by atoms with Crippen molar-refractivity contribution < 1.29 is 13.2 Å². The molecular weight excluding hydrogens is 420 g/mol. The number of nitrogens with zero attached hydrogens (tertiary/aromatic N) is 1. The van der Waals surface area contributed by atoms with E-state index in [1.807, 2.05) is 43.3 Å². The molecule has 0 bridgehead atoms. The molecule has 0 atom stereocenters. The van der Waals surface area contributed by atoms with Gasteiger partial charge in [-0.2, -0.15) is 0 Å². The predicted octanol–water partition coefficient (Wildman–Crippen LogP) is 5.13. The van der Waals surface area contributed by atoms with Crippen molar-refractivity contribution in [1.29, 1.82) is 0 Å². The third-order valence-corrected chi connectivity index (χ3v) is 6.94. The first-order chi connectivity index (χ1) is 14.4. The van der Waals surface area contributed by atoms with Gasteiger partial charge >= 0.3 is 0 Å². The minimum atomic E-state index is -4.07. The SMILES string of the molecule is Cc1ccc(Cl)cc1NC=C1C(=O)c2ccccc2N(Cc2ccccc2)S1(=O)=O. The third kappa shape index (κ3) is 3.72. The highest BCUT2D eigenvalue weighted by Gasteiger charge is 2.40. The Morgan fingerprint density at radius 1 is 1.00 bits per heavy atom. The highest BCUT2D eigenvalue weighted by atomic mass is 35.5. The van der Waals surface area contributed by atoms with Gasteiger partial charge < -0.3 is 5.32 Å². The minimum absolute atomic E-state index is 0.126. The largest absolute Gasteiger partial charge is 0.360 e. The number of rotatable bonds is 4. The van der Waals surface area contributed by atoms with Gasteiger partial charge in [0, 0.05) is 22.5 Å². The first-order valence-corrected chi connectivity index (χ1v) is 11.1. The van der Waals surface area contributed by atoms with Gasteiger partial charge in [-0.1, -0.05) is 60.1 Å². The molecule has 0 amide bonds. The zero-order chi connectivity index (χ0) is 21.3. The van der Waals surface area contributed by atoms with E-state index in [4.69, 9.17) is 11.6 Å². The first-order valence-electron chi connectivity index (χ1n) is 9.31. The van der Waals surface area contributed by atoms with Crippen LogP contribution in [0.25, 0.3) is 0 Å². The van der Waals surface area contributed by atoms with E-state index in [0.717, 1.165) is 11.1 Å². The van der Waals surface area contributed by atoms with Crippen molar-refractivity contribution in [2.75, 3.05) is 9.62 Å². The average Bonchev–Trinajstić information content (AvgIpc) is 2.74. The molecular formula is C23H19ClN2O3S.